The first kappa shape index (κ1) is 13.0. The van der Waals surface area contributed by atoms with E-state index in [1.165, 1.54) is 6.42 Å². The predicted molar refractivity (Wildman–Crippen MR) is 77.8 cm³/mol. The van der Waals surface area contributed by atoms with Gasteiger partial charge in [-0.1, -0.05) is 24.4 Å². The molecular weight excluding hydrogens is 244 g/mol. The van der Waals surface area contributed by atoms with Crippen molar-refractivity contribution in [2.45, 2.75) is 26.2 Å². The number of benzene rings is 1. The third-order valence-corrected chi connectivity index (χ3v) is 3.56. The lowest BCUT2D eigenvalue weighted by Crippen LogP contribution is -2.41. The van der Waals surface area contributed by atoms with Gasteiger partial charge in [0.1, 0.15) is 0 Å². The molecule has 96 valence electrons. The van der Waals surface area contributed by atoms with Crippen LogP contribution in [-0.2, 0) is 4.79 Å². The fourth-order valence-electron chi connectivity index (χ4n) is 2.15. The molecule has 1 aromatic carbocycles. The van der Waals surface area contributed by atoms with Crippen molar-refractivity contribution in [3.8, 4) is 0 Å². The van der Waals surface area contributed by atoms with E-state index in [2.05, 4.69) is 5.32 Å². The molecule has 0 aromatic heterocycles. The van der Waals surface area contributed by atoms with Gasteiger partial charge in [0.15, 0.2) is 4.99 Å². The zero-order valence-corrected chi connectivity index (χ0v) is 11.4. The molecule has 1 aliphatic heterocycles. The normalized spacial score (nSPS) is 15.3. The number of rotatable bonds is 1. The lowest BCUT2D eigenvalue weighted by atomic mass is 10.1. The maximum atomic E-state index is 12.0. The summed E-state index contributed by atoms with van der Waals surface area (Å²) in [7, 11) is 0. The first-order valence-electron chi connectivity index (χ1n) is 6.34. The van der Waals surface area contributed by atoms with Crippen molar-refractivity contribution in [1.82, 2.24) is 4.90 Å². The van der Waals surface area contributed by atoms with Crippen LogP contribution < -0.4 is 5.32 Å². The summed E-state index contributed by atoms with van der Waals surface area (Å²) in [5.41, 5.74) is 1.93. The van der Waals surface area contributed by atoms with Gasteiger partial charge in [0.2, 0.25) is 0 Å². The van der Waals surface area contributed by atoms with Crippen LogP contribution in [0.2, 0.25) is 0 Å². The molecule has 1 amide bonds. The third kappa shape index (κ3) is 3.29. The molecule has 18 heavy (non-hydrogen) atoms. The van der Waals surface area contributed by atoms with Crippen LogP contribution in [0.25, 0.3) is 0 Å². The molecule has 0 spiro atoms. The Morgan fingerprint density at radius 3 is 2.67 bits per heavy atom. The molecule has 1 heterocycles. The number of amides is 1. The van der Waals surface area contributed by atoms with Gasteiger partial charge >= 0.3 is 0 Å². The van der Waals surface area contributed by atoms with Crippen molar-refractivity contribution >= 4 is 28.8 Å². The van der Waals surface area contributed by atoms with E-state index in [-0.39, 0.29) is 5.91 Å². The maximum Gasteiger partial charge on any atom is 0.283 e. The lowest BCUT2D eigenvalue weighted by Gasteiger charge is -2.28. The van der Waals surface area contributed by atoms with E-state index in [1.807, 2.05) is 36.1 Å². The second-order valence-corrected chi connectivity index (χ2v) is 5.06. The van der Waals surface area contributed by atoms with Gasteiger partial charge in [-0.15, -0.1) is 0 Å². The quantitative estimate of drug-likeness (QED) is 0.790. The molecule has 2 rings (SSSR count). The van der Waals surface area contributed by atoms with Gasteiger partial charge < -0.3 is 10.2 Å². The Labute approximate surface area is 113 Å². The molecule has 1 fully saturated rings. The molecule has 0 aliphatic carbocycles. The number of carbonyl (C=O) groups excluding carboxylic acids is 1. The van der Waals surface area contributed by atoms with Crippen LogP contribution in [0.15, 0.2) is 24.3 Å². The number of likely N-dealkylation sites (tertiary alicyclic amines) is 1. The van der Waals surface area contributed by atoms with Gasteiger partial charge in [0, 0.05) is 18.8 Å². The Kier molecular flexibility index (Phi) is 4.31. The van der Waals surface area contributed by atoms with Gasteiger partial charge in [-0.05, 0) is 43.9 Å². The number of carbonyl (C=O) groups is 1. The van der Waals surface area contributed by atoms with Crippen LogP contribution in [0.3, 0.4) is 0 Å². The summed E-state index contributed by atoms with van der Waals surface area (Å²) in [5, 5.41) is 2.86. The summed E-state index contributed by atoms with van der Waals surface area (Å²) in [5.74, 6) is -0.169. The van der Waals surface area contributed by atoms with Crippen LogP contribution >= 0.6 is 12.2 Å². The molecule has 0 radical (unpaired) electrons. The van der Waals surface area contributed by atoms with E-state index in [4.69, 9.17) is 12.2 Å². The summed E-state index contributed by atoms with van der Waals surface area (Å²) in [6.07, 6.45) is 3.48. The Hall–Kier alpha value is -1.42. The first-order valence-corrected chi connectivity index (χ1v) is 6.74. The van der Waals surface area contributed by atoms with Crippen LogP contribution in [0.4, 0.5) is 5.69 Å². The second kappa shape index (κ2) is 5.96. The highest BCUT2D eigenvalue weighted by Crippen LogP contribution is 2.12. The molecule has 3 nitrogen and oxygen atoms in total. The van der Waals surface area contributed by atoms with Crippen molar-refractivity contribution in [3.05, 3.63) is 29.8 Å². The SMILES string of the molecule is Cc1cccc(NC(=O)C(=S)N2CCCCC2)c1. The summed E-state index contributed by atoms with van der Waals surface area (Å²) in [6, 6.07) is 7.74. The maximum absolute atomic E-state index is 12.0. The Morgan fingerprint density at radius 2 is 2.00 bits per heavy atom. The summed E-state index contributed by atoms with van der Waals surface area (Å²) < 4.78 is 0. The smallest absolute Gasteiger partial charge is 0.283 e. The number of hydrogen-bond acceptors (Lipinski definition) is 2. The average molecular weight is 262 g/mol. The largest absolute Gasteiger partial charge is 0.358 e. The van der Waals surface area contributed by atoms with E-state index in [0.717, 1.165) is 37.2 Å². The van der Waals surface area contributed by atoms with E-state index in [9.17, 15) is 4.79 Å². The lowest BCUT2D eigenvalue weighted by molar-refractivity contribution is -0.110. The number of piperidine rings is 1. The van der Waals surface area contributed by atoms with E-state index >= 15 is 0 Å². The monoisotopic (exact) mass is 262 g/mol. The van der Waals surface area contributed by atoms with Crippen LogP contribution in [0.1, 0.15) is 24.8 Å². The number of aryl methyl sites for hydroxylation is 1. The minimum atomic E-state index is -0.169. The molecule has 0 saturated carbocycles. The van der Waals surface area contributed by atoms with Gasteiger partial charge in [-0.3, -0.25) is 4.79 Å². The molecule has 0 bridgehead atoms. The van der Waals surface area contributed by atoms with Gasteiger partial charge in [0.25, 0.3) is 5.91 Å². The fraction of sp³-hybridized carbons (Fsp3) is 0.429. The van der Waals surface area contributed by atoms with Crippen molar-refractivity contribution in [2.24, 2.45) is 0 Å². The van der Waals surface area contributed by atoms with E-state index < -0.39 is 0 Å². The highest BCUT2D eigenvalue weighted by Gasteiger charge is 2.19. The Balaban J connectivity index is 1.96. The van der Waals surface area contributed by atoms with Crippen LogP contribution in [0, 0.1) is 6.92 Å². The fourth-order valence-corrected chi connectivity index (χ4v) is 2.38. The summed E-state index contributed by atoms with van der Waals surface area (Å²) >= 11 is 5.24. The van der Waals surface area contributed by atoms with Crippen molar-refractivity contribution in [3.63, 3.8) is 0 Å². The Bertz CT molecular complexity index is 453. The number of hydrogen-bond donors (Lipinski definition) is 1. The molecule has 0 atom stereocenters. The number of thiocarbonyl (C=S) groups is 1. The van der Waals surface area contributed by atoms with E-state index in [0.29, 0.717) is 4.99 Å². The highest BCUT2D eigenvalue weighted by atomic mass is 32.1. The zero-order valence-electron chi connectivity index (χ0n) is 10.6. The zero-order chi connectivity index (χ0) is 13.0. The molecular formula is C14H18N2OS. The molecule has 1 saturated heterocycles. The van der Waals surface area contributed by atoms with Crippen molar-refractivity contribution < 1.29 is 4.79 Å². The van der Waals surface area contributed by atoms with Gasteiger partial charge in [-0.25, -0.2) is 0 Å². The molecule has 0 unspecified atom stereocenters. The minimum Gasteiger partial charge on any atom is -0.358 e. The van der Waals surface area contributed by atoms with Crippen molar-refractivity contribution in [1.29, 1.82) is 0 Å². The minimum absolute atomic E-state index is 0.169. The standard InChI is InChI=1S/C14H18N2OS/c1-11-6-5-7-12(10-11)15-13(17)14(18)16-8-3-2-4-9-16/h5-7,10H,2-4,8-9H2,1H3,(H,15,17). The topological polar surface area (TPSA) is 32.3 Å². The molecule has 1 N–H and O–H groups in total. The van der Waals surface area contributed by atoms with E-state index in [1.54, 1.807) is 0 Å². The summed E-state index contributed by atoms with van der Waals surface area (Å²) in [6.45, 7) is 3.80. The molecule has 1 aromatic rings. The predicted octanol–water partition coefficient (Wildman–Crippen LogP) is 2.75. The van der Waals surface area contributed by atoms with Crippen LogP contribution in [0.5, 0.6) is 0 Å². The van der Waals surface area contributed by atoms with Gasteiger partial charge in [0.05, 0.1) is 0 Å². The molecule has 1 aliphatic rings. The second-order valence-electron chi connectivity index (χ2n) is 4.68. The van der Waals surface area contributed by atoms with Gasteiger partial charge in [-0.2, -0.15) is 0 Å². The van der Waals surface area contributed by atoms with Crippen LogP contribution in [-0.4, -0.2) is 28.9 Å². The van der Waals surface area contributed by atoms with Crippen molar-refractivity contribution in [2.75, 3.05) is 18.4 Å². The number of nitrogens with zero attached hydrogens (tertiary/aromatic N) is 1. The first-order chi connectivity index (χ1) is 8.66. The number of anilines is 1. The molecule has 4 heteroatoms. The number of nitrogens with one attached hydrogen (secondary N) is 1. The average Bonchev–Trinajstić information content (AvgIpc) is 2.39. The summed E-state index contributed by atoms with van der Waals surface area (Å²) in [4.78, 5) is 14.4. The third-order valence-electron chi connectivity index (χ3n) is 3.11. The Morgan fingerprint density at radius 1 is 1.28 bits per heavy atom. The highest BCUT2D eigenvalue weighted by molar-refractivity contribution is 7.82.